The number of ether oxygens (including phenoxy) is 2. The molecule has 0 aliphatic carbocycles. The molecule has 1 amide bonds. The molecule has 2 aliphatic heterocycles. The largest absolute Gasteiger partial charge is 0.454 e. The van der Waals surface area contributed by atoms with E-state index in [0.29, 0.717) is 25.5 Å². The number of hydrogen-bond acceptors (Lipinski definition) is 4. The maximum absolute atomic E-state index is 12.0. The summed E-state index contributed by atoms with van der Waals surface area (Å²) in [5, 5.41) is 9.74. The van der Waals surface area contributed by atoms with Crippen LogP contribution >= 0.6 is 24.0 Å². The normalized spacial score (nSPS) is 17.3. The highest BCUT2D eigenvalue weighted by atomic mass is 127. The van der Waals surface area contributed by atoms with Crippen LogP contribution in [0.1, 0.15) is 37.3 Å². The van der Waals surface area contributed by atoms with Crippen LogP contribution in [0.5, 0.6) is 11.5 Å². The van der Waals surface area contributed by atoms with Crippen molar-refractivity contribution in [3.8, 4) is 11.5 Å². The number of nitrogens with zero attached hydrogens (tertiary/aromatic N) is 1. The molecule has 0 saturated heterocycles. The van der Waals surface area contributed by atoms with Gasteiger partial charge in [0, 0.05) is 43.6 Å². The van der Waals surface area contributed by atoms with Crippen LogP contribution in [0.4, 0.5) is 5.69 Å². The highest BCUT2D eigenvalue weighted by Crippen LogP contribution is 2.36. The molecular weight excluding hydrogens is 507 g/mol. The lowest BCUT2D eigenvalue weighted by atomic mass is 9.84. The van der Waals surface area contributed by atoms with E-state index in [1.165, 1.54) is 0 Å². The Bertz CT molecular complexity index is 977. The Balaban J connectivity index is 0.00000272. The Morgan fingerprint density at radius 1 is 1.16 bits per heavy atom. The summed E-state index contributed by atoms with van der Waals surface area (Å²) in [6.45, 7) is 5.94. The zero-order chi connectivity index (χ0) is 21.1. The molecule has 0 aromatic heterocycles. The molecule has 2 aromatic carbocycles. The number of halogens is 1. The van der Waals surface area contributed by atoms with Gasteiger partial charge in [0.05, 0.1) is 0 Å². The zero-order valence-corrected chi connectivity index (χ0v) is 20.4. The molecule has 31 heavy (non-hydrogen) atoms. The third kappa shape index (κ3) is 5.23. The van der Waals surface area contributed by atoms with Gasteiger partial charge in [0.1, 0.15) is 0 Å². The van der Waals surface area contributed by atoms with Crippen LogP contribution in [0.25, 0.3) is 0 Å². The van der Waals surface area contributed by atoms with E-state index in [9.17, 15) is 4.79 Å². The molecule has 1 atom stereocenters. The quantitative estimate of drug-likeness (QED) is 0.309. The molecule has 0 saturated carbocycles. The fourth-order valence-corrected chi connectivity index (χ4v) is 3.85. The number of fused-ring (bicyclic) bond motifs is 2. The van der Waals surface area contributed by atoms with Crippen LogP contribution in [0.15, 0.2) is 47.5 Å². The minimum absolute atomic E-state index is 0. The number of aliphatic imine (C=N–C) groups is 1. The number of rotatable bonds is 5. The molecule has 2 aromatic rings. The maximum atomic E-state index is 12.0. The van der Waals surface area contributed by atoms with Gasteiger partial charge in [-0.15, -0.1) is 24.0 Å². The lowest BCUT2D eigenvalue weighted by molar-refractivity contribution is -0.116. The topological polar surface area (TPSA) is 84.0 Å². The van der Waals surface area contributed by atoms with Crippen LogP contribution in [0.3, 0.4) is 0 Å². The molecule has 166 valence electrons. The number of carbonyl (C=O) groups is 1. The third-order valence-electron chi connectivity index (χ3n) is 5.70. The van der Waals surface area contributed by atoms with E-state index in [1.54, 1.807) is 7.05 Å². The first-order valence-corrected chi connectivity index (χ1v) is 10.2. The van der Waals surface area contributed by atoms with Crippen LogP contribution in [0.2, 0.25) is 0 Å². The highest BCUT2D eigenvalue weighted by molar-refractivity contribution is 14.0. The summed E-state index contributed by atoms with van der Waals surface area (Å²) in [4.78, 5) is 16.4. The standard InChI is InChI=1S/C23H28N4O3.HI/c1-23(2,16-8-9-19-20(11-16)30-14-29-19)13-26-22(24-3)25-12-15-10-21(28)27-18-7-5-4-6-17(15)18;/h4-9,11,15H,10,12-14H2,1-3H3,(H,27,28)(H2,24,25,26);1H. The van der Waals surface area contributed by atoms with Crippen molar-refractivity contribution < 1.29 is 14.3 Å². The summed E-state index contributed by atoms with van der Waals surface area (Å²) in [6.07, 6.45) is 0.462. The highest BCUT2D eigenvalue weighted by Gasteiger charge is 2.26. The summed E-state index contributed by atoms with van der Waals surface area (Å²) < 4.78 is 10.9. The lowest BCUT2D eigenvalue weighted by Gasteiger charge is -2.29. The predicted molar refractivity (Wildman–Crippen MR) is 133 cm³/mol. The van der Waals surface area contributed by atoms with Gasteiger partial charge < -0.3 is 25.4 Å². The van der Waals surface area contributed by atoms with E-state index in [1.807, 2.05) is 30.3 Å². The number of anilines is 1. The van der Waals surface area contributed by atoms with Crippen LogP contribution in [-0.2, 0) is 10.2 Å². The van der Waals surface area contributed by atoms with Gasteiger partial charge >= 0.3 is 0 Å². The van der Waals surface area contributed by atoms with E-state index in [4.69, 9.17) is 9.47 Å². The summed E-state index contributed by atoms with van der Waals surface area (Å²) in [5.41, 5.74) is 3.07. The molecule has 0 radical (unpaired) electrons. The van der Waals surface area contributed by atoms with Gasteiger partial charge in [-0.2, -0.15) is 0 Å². The number of carbonyl (C=O) groups excluding carboxylic acids is 1. The van der Waals surface area contributed by atoms with Crippen LogP contribution in [0, 0.1) is 0 Å². The van der Waals surface area contributed by atoms with E-state index in [0.717, 1.165) is 28.3 Å². The first-order valence-electron chi connectivity index (χ1n) is 10.2. The minimum Gasteiger partial charge on any atom is -0.454 e. The second-order valence-electron chi connectivity index (χ2n) is 8.30. The molecule has 8 heteroatoms. The third-order valence-corrected chi connectivity index (χ3v) is 5.70. The van der Waals surface area contributed by atoms with E-state index in [-0.39, 0.29) is 48.0 Å². The van der Waals surface area contributed by atoms with Crippen molar-refractivity contribution in [3.63, 3.8) is 0 Å². The Morgan fingerprint density at radius 2 is 1.94 bits per heavy atom. The van der Waals surface area contributed by atoms with E-state index >= 15 is 0 Å². The molecule has 3 N–H and O–H groups in total. The van der Waals surface area contributed by atoms with Gasteiger partial charge in [0.2, 0.25) is 12.7 Å². The molecule has 1 unspecified atom stereocenters. The fraction of sp³-hybridized carbons (Fsp3) is 0.391. The van der Waals surface area contributed by atoms with Gasteiger partial charge in [-0.3, -0.25) is 9.79 Å². The number of nitrogens with one attached hydrogen (secondary N) is 3. The molecule has 7 nitrogen and oxygen atoms in total. The number of hydrogen-bond donors (Lipinski definition) is 3. The van der Waals surface area contributed by atoms with Gasteiger partial charge in [0.15, 0.2) is 17.5 Å². The number of guanidine groups is 1. The van der Waals surface area contributed by atoms with Crippen molar-refractivity contribution >= 4 is 41.5 Å². The average molecular weight is 536 g/mol. The maximum Gasteiger partial charge on any atom is 0.231 e. The Kier molecular flexibility index (Phi) is 7.30. The zero-order valence-electron chi connectivity index (χ0n) is 18.0. The minimum atomic E-state index is -0.143. The van der Waals surface area contributed by atoms with Crippen molar-refractivity contribution in [2.75, 3.05) is 32.2 Å². The van der Waals surface area contributed by atoms with Gasteiger partial charge in [-0.1, -0.05) is 38.1 Å². The summed E-state index contributed by atoms with van der Waals surface area (Å²) in [7, 11) is 1.75. The van der Waals surface area contributed by atoms with Crippen molar-refractivity contribution in [1.82, 2.24) is 10.6 Å². The molecule has 2 heterocycles. The first-order chi connectivity index (χ1) is 14.5. The molecule has 0 bridgehead atoms. The number of para-hydroxylation sites is 1. The van der Waals surface area contributed by atoms with Crippen molar-refractivity contribution in [2.45, 2.75) is 31.6 Å². The van der Waals surface area contributed by atoms with Gasteiger partial charge in [0.25, 0.3) is 0 Å². The molecule has 2 aliphatic rings. The number of amides is 1. The second-order valence-corrected chi connectivity index (χ2v) is 8.30. The van der Waals surface area contributed by atoms with Crippen LogP contribution < -0.4 is 25.4 Å². The first kappa shape index (κ1) is 23.2. The lowest BCUT2D eigenvalue weighted by Crippen LogP contribution is -2.45. The molecule has 4 rings (SSSR count). The smallest absolute Gasteiger partial charge is 0.231 e. The fourth-order valence-electron chi connectivity index (χ4n) is 3.85. The monoisotopic (exact) mass is 536 g/mol. The van der Waals surface area contributed by atoms with E-state index < -0.39 is 0 Å². The Hall–Kier alpha value is -2.49. The summed E-state index contributed by atoms with van der Waals surface area (Å²) >= 11 is 0. The number of benzene rings is 2. The second kappa shape index (κ2) is 9.76. The molecule has 0 fully saturated rings. The Labute approximate surface area is 200 Å². The van der Waals surface area contributed by atoms with E-state index in [2.05, 4.69) is 46.9 Å². The van der Waals surface area contributed by atoms with Crippen molar-refractivity contribution in [1.29, 1.82) is 0 Å². The summed E-state index contributed by atoms with van der Waals surface area (Å²) in [5.74, 6) is 2.45. The Morgan fingerprint density at radius 3 is 2.74 bits per heavy atom. The summed E-state index contributed by atoms with van der Waals surface area (Å²) in [6, 6.07) is 14.0. The van der Waals surface area contributed by atoms with Gasteiger partial charge in [-0.25, -0.2) is 0 Å². The van der Waals surface area contributed by atoms with Crippen molar-refractivity contribution in [2.24, 2.45) is 4.99 Å². The molecular formula is C23H29IN4O3. The SMILES string of the molecule is CN=C(NCC1CC(=O)Nc2ccccc21)NCC(C)(C)c1ccc2c(c1)OCO2.I. The van der Waals surface area contributed by atoms with Crippen LogP contribution in [-0.4, -0.2) is 38.8 Å². The average Bonchev–Trinajstić information content (AvgIpc) is 3.21. The predicted octanol–water partition coefficient (Wildman–Crippen LogP) is 3.60. The molecule has 0 spiro atoms. The van der Waals surface area contributed by atoms with Crippen molar-refractivity contribution in [3.05, 3.63) is 53.6 Å². The van der Waals surface area contributed by atoms with Gasteiger partial charge in [-0.05, 0) is 29.3 Å².